The molecule has 0 aromatic heterocycles. The van der Waals surface area contributed by atoms with Gasteiger partial charge in [0.25, 0.3) is 5.91 Å². The average Bonchev–Trinajstić information content (AvgIpc) is 2.78. The van der Waals surface area contributed by atoms with Gasteiger partial charge in [-0.15, -0.1) is 0 Å². The highest BCUT2D eigenvalue weighted by atomic mass is 35.5. The van der Waals surface area contributed by atoms with E-state index in [0.717, 1.165) is 18.8 Å². The summed E-state index contributed by atoms with van der Waals surface area (Å²) in [6.45, 7) is 5.34. The number of methoxy groups -OCH3 is 1. The largest absolute Gasteiger partial charge is 0.491 e. The van der Waals surface area contributed by atoms with Crippen LogP contribution in [-0.2, 0) is 9.53 Å². The predicted molar refractivity (Wildman–Crippen MR) is 121 cm³/mol. The number of rotatable bonds is 7. The van der Waals surface area contributed by atoms with E-state index in [2.05, 4.69) is 10.2 Å². The van der Waals surface area contributed by atoms with E-state index in [4.69, 9.17) is 25.8 Å². The first-order valence-electron chi connectivity index (χ1n) is 9.92. The summed E-state index contributed by atoms with van der Waals surface area (Å²) in [7, 11) is 1.50. The number of hydrogen-bond acceptors (Lipinski definition) is 6. The topological polar surface area (TPSA) is 83.8 Å². The molecule has 0 saturated carbocycles. The Labute approximate surface area is 186 Å². The SMILES string of the molecule is CCOc1cc(/C=C(\C#N)C(=O)Nc2ccc(N3CCOCC3)cc2)cc(Cl)c1OC. The second kappa shape index (κ2) is 10.7. The van der Waals surface area contributed by atoms with Gasteiger partial charge < -0.3 is 24.4 Å². The fourth-order valence-corrected chi connectivity index (χ4v) is 3.52. The van der Waals surface area contributed by atoms with Gasteiger partial charge in [-0.3, -0.25) is 4.79 Å². The van der Waals surface area contributed by atoms with Crippen LogP contribution in [0, 0.1) is 11.3 Å². The first-order valence-corrected chi connectivity index (χ1v) is 10.3. The van der Waals surface area contributed by atoms with Gasteiger partial charge in [0.2, 0.25) is 0 Å². The Morgan fingerprint density at radius 2 is 2.00 bits per heavy atom. The van der Waals surface area contributed by atoms with Crippen molar-refractivity contribution in [3.63, 3.8) is 0 Å². The zero-order valence-electron chi connectivity index (χ0n) is 17.5. The highest BCUT2D eigenvalue weighted by molar-refractivity contribution is 6.32. The maximum absolute atomic E-state index is 12.6. The molecule has 31 heavy (non-hydrogen) atoms. The number of ether oxygens (including phenoxy) is 3. The molecule has 162 valence electrons. The van der Waals surface area contributed by atoms with Gasteiger partial charge in [-0.25, -0.2) is 0 Å². The maximum atomic E-state index is 12.6. The van der Waals surface area contributed by atoms with Crippen molar-refractivity contribution in [3.8, 4) is 17.6 Å². The van der Waals surface area contributed by atoms with Crippen molar-refractivity contribution in [3.05, 3.63) is 52.6 Å². The van der Waals surface area contributed by atoms with Crippen LogP contribution in [0.5, 0.6) is 11.5 Å². The van der Waals surface area contributed by atoms with Crippen LogP contribution in [0.15, 0.2) is 42.0 Å². The van der Waals surface area contributed by atoms with Crippen molar-refractivity contribution in [2.24, 2.45) is 0 Å². The third-order valence-electron chi connectivity index (χ3n) is 4.71. The Kier molecular flexibility index (Phi) is 7.76. The quantitative estimate of drug-likeness (QED) is 0.513. The molecule has 2 aromatic carbocycles. The number of anilines is 2. The molecule has 1 heterocycles. The predicted octanol–water partition coefficient (Wildman–Crippen LogP) is 4.13. The van der Waals surface area contributed by atoms with Crippen LogP contribution in [0.1, 0.15) is 12.5 Å². The van der Waals surface area contributed by atoms with E-state index >= 15 is 0 Å². The number of morpholine rings is 1. The number of amides is 1. The molecule has 1 aliphatic rings. The molecule has 1 fully saturated rings. The Morgan fingerprint density at radius 3 is 2.61 bits per heavy atom. The number of carbonyl (C=O) groups is 1. The molecule has 1 aliphatic heterocycles. The molecule has 1 amide bonds. The fraction of sp³-hybridized carbons (Fsp3) is 0.304. The molecule has 2 aromatic rings. The van der Waals surface area contributed by atoms with Gasteiger partial charge in [0.05, 0.1) is 32.0 Å². The smallest absolute Gasteiger partial charge is 0.266 e. The summed E-state index contributed by atoms with van der Waals surface area (Å²) in [5.74, 6) is 0.343. The van der Waals surface area contributed by atoms with Crippen molar-refractivity contribution in [1.29, 1.82) is 5.26 Å². The van der Waals surface area contributed by atoms with Crippen LogP contribution in [0.2, 0.25) is 5.02 Å². The van der Waals surface area contributed by atoms with Crippen LogP contribution in [0.25, 0.3) is 6.08 Å². The van der Waals surface area contributed by atoms with Crippen LogP contribution < -0.4 is 19.7 Å². The van der Waals surface area contributed by atoms with E-state index < -0.39 is 5.91 Å². The molecule has 0 radical (unpaired) electrons. The number of nitrogens with one attached hydrogen (secondary N) is 1. The monoisotopic (exact) mass is 441 g/mol. The minimum Gasteiger partial charge on any atom is -0.491 e. The van der Waals surface area contributed by atoms with Gasteiger partial charge in [0.15, 0.2) is 11.5 Å². The summed E-state index contributed by atoms with van der Waals surface area (Å²) in [5.41, 5.74) is 2.17. The van der Waals surface area contributed by atoms with E-state index in [1.807, 2.05) is 37.3 Å². The van der Waals surface area contributed by atoms with E-state index in [0.29, 0.717) is 47.6 Å². The van der Waals surface area contributed by atoms with Gasteiger partial charge >= 0.3 is 0 Å². The zero-order chi connectivity index (χ0) is 22.2. The lowest BCUT2D eigenvalue weighted by molar-refractivity contribution is -0.112. The van der Waals surface area contributed by atoms with Gasteiger partial charge in [0, 0.05) is 24.5 Å². The van der Waals surface area contributed by atoms with Gasteiger partial charge in [-0.2, -0.15) is 5.26 Å². The summed E-state index contributed by atoms with van der Waals surface area (Å²) >= 11 is 6.26. The Morgan fingerprint density at radius 1 is 1.29 bits per heavy atom. The number of benzene rings is 2. The normalized spacial score (nSPS) is 14.0. The number of nitriles is 1. The number of hydrogen-bond donors (Lipinski definition) is 1. The Bertz CT molecular complexity index is 993. The van der Waals surface area contributed by atoms with Crippen molar-refractivity contribution in [2.45, 2.75) is 6.92 Å². The first kappa shape index (κ1) is 22.5. The van der Waals surface area contributed by atoms with Crippen molar-refractivity contribution < 1.29 is 19.0 Å². The second-order valence-electron chi connectivity index (χ2n) is 6.74. The van der Waals surface area contributed by atoms with Crippen LogP contribution in [0.4, 0.5) is 11.4 Å². The summed E-state index contributed by atoms with van der Waals surface area (Å²) in [4.78, 5) is 14.9. The maximum Gasteiger partial charge on any atom is 0.266 e. The van der Waals surface area contributed by atoms with Crippen molar-refractivity contribution in [1.82, 2.24) is 0 Å². The Balaban J connectivity index is 1.75. The molecular weight excluding hydrogens is 418 g/mol. The number of nitrogens with zero attached hydrogens (tertiary/aromatic N) is 2. The minimum absolute atomic E-state index is 0.0547. The van der Waals surface area contributed by atoms with Gasteiger partial charge in [-0.1, -0.05) is 11.6 Å². The third-order valence-corrected chi connectivity index (χ3v) is 4.99. The third kappa shape index (κ3) is 5.69. The lowest BCUT2D eigenvalue weighted by Gasteiger charge is -2.28. The van der Waals surface area contributed by atoms with Crippen molar-refractivity contribution >= 4 is 35.0 Å². The number of halogens is 1. The standard InChI is InChI=1S/C23H24ClN3O4/c1-3-31-21-14-16(13-20(24)22(21)29-2)12-17(15-25)23(28)26-18-4-6-19(7-5-18)27-8-10-30-11-9-27/h4-7,12-14H,3,8-11H2,1-2H3,(H,26,28)/b17-12+. The van der Waals surface area contributed by atoms with Crippen LogP contribution in [0.3, 0.4) is 0 Å². The van der Waals surface area contributed by atoms with Gasteiger partial charge in [-0.05, 0) is 55.0 Å². The molecule has 3 rings (SSSR count). The summed E-state index contributed by atoms with van der Waals surface area (Å²) in [6, 6.07) is 12.7. The van der Waals surface area contributed by atoms with E-state index in [-0.39, 0.29) is 5.57 Å². The first-order chi connectivity index (χ1) is 15.0. The lowest BCUT2D eigenvalue weighted by atomic mass is 10.1. The molecule has 0 aliphatic carbocycles. The molecule has 1 N–H and O–H groups in total. The highest BCUT2D eigenvalue weighted by Crippen LogP contribution is 2.37. The fourth-order valence-electron chi connectivity index (χ4n) is 3.22. The van der Waals surface area contributed by atoms with Crippen LogP contribution >= 0.6 is 11.6 Å². The number of carbonyl (C=O) groups excluding carboxylic acids is 1. The second-order valence-corrected chi connectivity index (χ2v) is 7.14. The Hall–Kier alpha value is -3.21. The van der Waals surface area contributed by atoms with E-state index in [1.165, 1.54) is 13.2 Å². The van der Waals surface area contributed by atoms with E-state index in [1.54, 1.807) is 12.1 Å². The molecular formula is C23H24ClN3O4. The minimum atomic E-state index is -0.508. The molecule has 0 atom stereocenters. The van der Waals surface area contributed by atoms with Crippen LogP contribution in [-0.4, -0.2) is 45.9 Å². The summed E-state index contributed by atoms with van der Waals surface area (Å²) in [6.07, 6.45) is 1.46. The molecule has 1 saturated heterocycles. The zero-order valence-corrected chi connectivity index (χ0v) is 18.2. The van der Waals surface area contributed by atoms with E-state index in [9.17, 15) is 10.1 Å². The molecule has 8 heteroatoms. The average molecular weight is 442 g/mol. The molecule has 0 unspecified atom stereocenters. The summed E-state index contributed by atoms with van der Waals surface area (Å²) in [5, 5.41) is 12.6. The summed E-state index contributed by atoms with van der Waals surface area (Å²) < 4.78 is 16.2. The molecule has 7 nitrogen and oxygen atoms in total. The highest BCUT2D eigenvalue weighted by Gasteiger charge is 2.15. The lowest BCUT2D eigenvalue weighted by Crippen LogP contribution is -2.36. The molecule has 0 spiro atoms. The van der Waals surface area contributed by atoms with Gasteiger partial charge in [0.1, 0.15) is 11.6 Å². The van der Waals surface area contributed by atoms with Crippen molar-refractivity contribution in [2.75, 3.05) is 50.2 Å². The molecule has 0 bridgehead atoms.